The fraction of sp³-hybridized carbons (Fsp3) is 0.714. The number of aromatic nitrogens is 2. The summed E-state index contributed by atoms with van der Waals surface area (Å²) in [5.74, 6) is -0.623. The zero-order valence-electron chi connectivity index (χ0n) is 12.4. The highest BCUT2D eigenvalue weighted by Crippen LogP contribution is 2.43. The van der Waals surface area contributed by atoms with Gasteiger partial charge in [0.15, 0.2) is 11.5 Å². The third kappa shape index (κ3) is 2.40. The zero-order valence-corrected chi connectivity index (χ0v) is 12.4. The fourth-order valence-corrected chi connectivity index (χ4v) is 3.32. The highest BCUT2D eigenvalue weighted by molar-refractivity contribution is 5.93. The summed E-state index contributed by atoms with van der Waals surface area (Å²) in [4.78, 5) is 11.8. The van der Waals surface area contributed by atoms with Crippen LogP contribution in [0.25, 0.3) is 0 Å². The number of carbonyl (C=O) groups excluding carboxylic acids is 1. The molecule has 2 heterocycles. The second-order valence-corrected chi connectivity index (χ2v) is 5.64. The Balaban J connectivity index is 1.78. The minimum atomic E-state index is -0.455. The van der Waals surface area contributed by atoms with E-state index in [-0.39, 0.29) is 5.92 Å². The van der Waals surface area contributed by atoms with Crippen LogP contribution in [0.4, 0.5) is 5.69 Å². The van der Waals surface area contributed by atoms with Crippen molar-refractivity contribution >= 4 is 11.7 Å². The molecule has 1 saturated heterocycles. The number of hydrogen-bond acceptors (Lipinski definition) is 6. The van der Waals surface area contributed by atoms with E-state index in [9.17, 15) is 4.79 Å². The molecule has 7 nitrogen and oxygen atoms in total. The van der Waals surface area contributed by atoms with Crippen LogP contribution in [0.3, 0.4) is 0 Å². The van der Waals surface area contributed by atoms with Crippen LogP contribution in [-0.2, 0) is 21.3 Å². The summed E-state index contributed by atoms with van der Waals surface area (Å²) in [5.41, 5.74) is 7.64. The predicted octanol–water partition coefficient (Wildman–Crippen LogP) is 1.19. The first kappa shape index (κ1) is 14.3. The lowest BCUT2D eigenvalue weighted by Crippen LogP contribution is -2.34. The highest BCUT2D eigenvalue weighted by atomic mass is 16.7. The maximum Gasteiger partial charge on any atom is 0.358 e. The molecule has 0 radical (unpaired) electrons. The number of nitrogen functional groups attached to an aromatic ring is 1. The van der Waals surface area contributed by atoms with E-state index in [4.69, 9.17) is 19.9 Å². The first-order valence-corrected chi connectivity index (χ1v) is 7.25. The van der Waals surface area contributed by atoms with Crippen LogP contribution < -0.4 is 5.73 Å². The molecular formula is C14H21N3O4. The van der Waals surface area contributed by atoms with Crippen molar-refractivity contribution < 1.29 is 19.0 Å². The van der Waals surface area contributed by atoms with E-state index in [0.717, 1.165) is 31.4 Å². The van der Waals surface area contributed by atoms with Crippen molar-refractivity contribution in [2.75, 3.05) is 26.1 Å². The lowest BCUT2D eigenvalue weighted by atomic mass is 9.83. The third-order valence-electron chi connectivity index (χ3n) is 4.44. The molecule has 1 aromatic heterocycles. The second-order valence-electron chi connectivity index (χ2n) is 5.64. The summed E-state index contributed by atoms with van der Waals surface area (Å²) in [6.45, 7) is 1.34. The molecule has 2 aliphatic rings. The van der Waals surface area contributed by atoms with Gasteiger partial charge in [-0.1, -0.05) is 0 Å². The van der Waals surface area contributed by atoms with Gasteiger partial charge in [-0.3, -0.25) is 4.68 Å². The van der Waals surface area contributed by atoms with Gasteiger partial charge in [0.1, 0.15) is 0 Å². The van der Waals surface area contributed by atoms with Crippen molar-refractivity contribution in [2.24, 2.45) is 7.05 Å². The number of esters is 1. The molecule has 1 saturated carbocycles. The van der Waals surface area contributed by atoms with E-state index >= 15 is 0 Å². The minimum absolute atomic E-state index is 0.230. The van der Waals surface area contributed by atoms with Gasteiger partial charge in [-0.15, -0.1) is 0 Å². The number of hydrogen-bond donors (Lipinski definition) is 1. The molecule has 7 heteroatoms. The Morgan fingerprint density at radius 2 is 2.00 bits per heavy atom. The van der Waals surface area contributed by atoms with Crippen molar-refractivity contribution in [3.8, 4) is 0 Å². The molecule has 1 aromatic rings. The summed E-state index contributed by atoms with van der Waals surface area (Å²) >= 11 is 0. The maximum absolute atomic E-state index is 11.8. The fourth-order valence-electron chi connectivity index (χ4n) is 3.32. The van der Waals surface area contributed by atoms with Crippen LogP contribution in [0.5, 0.6) is 0 Å². The van der Waals surface area contributed by atoms with Crippen molar-refractivity contribution in [1.29, 1.82) is 0 Å². The van der Waals surface area contributed by atoms with Crippen LogP contribution in [0.2, 0.25) is 0 Å². The van der Waals surface area contributed by atoms with Crippen LogP contribution in [0, 0.1) is 0 Å². The predicted molar refractivity (Wildman–Crippen MR) is 74.8 cm³/mol. The average Bonchev–Trinajstić information content (AvgIpc) is 3.05. The van der Waals surface area contributed by atoms with Crippen LogP contribution in [0.1, 0.15) is 47.8 Å². The Morgan fingerprint density at radius 3 is 2.57 bits per heavy atom. The number of nitrogens with zero attached hydrogens (tertiary/aromatic N) is 2. The first-order chi connectivity index (χ1) is 10.1. The van der Waals surface area contributed by atoms with Gasteiger partial charge in [0.2, 0.25) is 0 Å². The van der Waals surface area contributed by atoms with E-state index in [0.29, 0.717) is 24.6 Å². The summed E-state index contributed by atoms with van der Waals surface area (Å²) in [7, 11) is 3.05. The Hall–Kier alpha value is -1.60. The molecule has 1 spiro atoms. The molecule has 2 N–H and O–H groups in total. The highest BCUT2D eigenvalue weighted by Gasteiger charge is 2.41. The van der Waals surface area contributed by atoms with Crippen molar-refractivity contribution in [3.63, 3.8) is 0 Å². The lowest BCUT2D eigenvalue weighted by molar-refractivity contribution is -0.178. The lowest BCUT2D eigenvalue weighted by Gasteiger charge is -2.34. The summed E-state index contributed by atoms with van der Waals surface area (Å²) in [6, 6.07) is 0. The van der Waals surface area contributed by atoms with Crippen molar-refractivity contribution in [1.82, 2.24) is 9.78 Å². The van der Waals surface area contributed by atoms with Crippen molar-refractivity contribution in [3.05, 3.63) is 11.4 Å². The molecule has 3 rings (SSSR count). The first-order valence-electron chi connectivity index (χ1n) is 7.25. The molecule has 2 fully saturated rings. The van der Waals surface area contributed by atoms with E-state index in [2.05, 4.69) is 5.10 Å². The van der Waals surface area contributed by atoms with E-state index < -0.39 is 11.8 Å². The topological polar surface area (TPSA) is 88.6 Å². The molecule has 0 aromatic carbocycles. The number of anilines is 1. The van der Waals surface area contributed by atoms with Gasteiger partial charge in [0, 0.05) is 25.8 Å². The van der Waals surface area contributed by atoms with Gasteiger partial charge in [-0.2, -0.15) is 5.10 Å². The molecule has 0 amide bonds. The number of aryl methyl sites for hydroxylation is 1. The zero-order chi connectivity index (χ0) is 15.0. The molecule has 0 unspecified atom stereocenters. The third-order valence-corrected chi connectivity index (χ3v) is 4.44. The van der Waals surface area contributed by atoms with Gasteiger partial charge in [-0.05, 0) is 12.8 Å². The molecule has 21 heavy (non-hydrogen) atoms. The molecule has 1 aliphatic heterocycles. The normalized spacial score (nSPS) is 21.8. The summed E-state index contributed by atoms with van der Waals surface area (Å²) in [6.07, 6.45) is 3.45. The average molecular weight is 295 g/mol. The van der Waals surface area contributed by atoms with Gasteiger partial charge in [-0.25, -0.2) is 4.79 Å². The molecule has 0 atom stereocenters. The summed E-state index contributed by atoms with van der Waals surface area (Å²) < 4.78 is 17.7. The number of rotatable bonds is 2. The van der Waals surface area contributed by atoms with Crippen LogP contribution >= 0.6 is 0 Å². The number of carbonyl (C=O) groups is 1. The van der Waals surface area contributed by atoms with E-state index in [1.165, 1.54) is 11.8 Å². The quantitative estimate of drug-likeness (QED) is 0.824. The van der Waals surface area contributed by atoms with Gasteiger partial charge < -0.3 is 19.9 Å². The van der Waals surface area contributed by atoms with Crippen molar-refractivity contribution in [2.45, 2.75) is 37.4 Å². The van der Waals surface area contributed by atoms with Crippen LogP contribution in [-0.4, -0.2) is 41.9 Å². The Bertz CT molecular complexity index is 539. The smallest absolute Gasteiger partial charge is 0.358 e. The van der Waals surface area contributed by atoms with Gasteiger partial charge >= 0.3 is 5.97 Å². The maximum atomic E-state index is 11.8. The van der Waals surface area contributed by atoms with Gasteiger partial charge in [0.25, 0.3) is 0 Å². The minimum Gasteiger partial charge on any atom is -0.464 e. The summed E-state index contributed by atoms with van der Waals surface area (Å²) in [5, 5.41) is 4.43. The Morgan fingerprint density at radius 1 is 1.38 bits per heavy atom. The molecule has 1 aliphatic carbocycles. The molecular weight excluding hydrogens is 274 g/mol. The van der Waals surface area contributed by atoms with Crippen LogP contribution in [0.15, 0.2) is 0 Å². The van der Waals surface area contributed by atoms with Gasteiger partial charge in [0.05, 0.1) is 31.7 Å². The SMILES string of the molecule is COC(=O)c1c(N)c(C2CCC3(CC2)OCCO3)nn1C. The van der Waals surface area contributed by atoms with E-state index in [1.807, 2.05) is 0 Å². The second kappa shape index (κ2) is 5.31. The van der Waals surface area contributed by atoms with E-state index in [1.54, 1.807) is 7.05 Å². The molecule has 0 bridgehead atoms. The number of nitrogens with two attached hydrogens (primary N) is 1. The standard InChI is InChI=1S/C14H21N3O4/c1-17-12(13(18)19-2)10(15)11(16-17)9-3-5-14(6-4-9)20-7-8-21-14/h9H,3-8,15H2,1-2H3. The Kier molecular flexibility index (Phi) is 3.62. The largest absolute Gasteiger partial charge is 0.464 e. The monoisotopic (exact) mass is 295 g/mol. The Labute approximate surface area is 123 Å². The molecule has 116 valence electrons. The number of ether oxygens (including phenoxy) is 3. The number of methoxy groups -OCH3 is 1.